The first-order chi connectivity index (χ1) is 9.79. The van der Waals surface area contributed by atoms with E-state index in [9.17, 15) is 5.11 Å². The van der Waals surface area contributed by atoms with Crippen molar-refractivity contribution in [1.29, 1.82) is 0 Å². The Labute approximate surface area is 118 Å². The van der Waals surface area contributed by atoms with Crippen LogP contribution in [-0.4, -0.2) is 16.6 Å². The summed E-state index contributed by atoms with van der Waals surface area (Å²) in [6.45, 7) is 0.605. The fourth-order valence-corrected chi connectivity index (χ4v) is 2.69. The molecule has 0 aliphatic heterocycles. The van der Waals surface area contributed by atoms with Gasteiger partial charge in [0.2, 0.25) is 0 Å². The summed E-state index contributed by atoms with van der Waals surface area (Å²) in [6, 6.07) is 13.9. The van der Waals surface area contributed by atoms with Crippen LogP contribution >= 0.6 is 0 Å². The molecule has 0 fully saturated rings. The number of hydrogen-bond donors (Lipinski definition) is 3. The van der Waals surface area contributed by atoms with E-state index in [1.165, 1.54) is 11.1 Å². The average Bonchev–Trinajstić information content (AvgIpc) is 2.87. The molecule has 0 bridgehead atoms. The lowest BCUT2D eigenvalue weighted by Gasteiger charge is -2.09. The molecule has 0 aliphatic carbocycles. The summed E-state index contributed by atoms with van der Waals surface area (Å²) in [7, 11) is 0. The van der Waals surface area contributed by atoms with Gasteiger partial charge >= 0.3 is 0 Å². The standard InChI is InChI=1S/C17H18N2O/c18-9-8-13-11-19-15-6-7-16(20)14(17(13)15)10-12-4-2-1-3-5-12/h1-7,11,19-20H,8-10,18H2. The van der Waals surface area contributed by atoms with Crippen molar-refractivity contribution in [1.82, 2.24) is 4.98 Å². The largest absolute Gasteiger partial charge is 0.508 e. The molecule has 0 radical (unpaired) electrons. The van der Waals surface area contributed by atoms with Crippen molar-refractivity contribution in [2.24, 2.45) is 5.73 Å². The maximum Gasteiger partial charge on any atom is 0.119 e. The number of phenols is 1. The molecule has 4 N–H and O–H groups in total. The van der Waals surface area contributed by atoms with E-state index in [0.717, 1.165) is 29.3 Å². The molecule has 0 atom stereocenters. The van der Waals surface area contributed by atoms with Gasteiger partial charge in [0.1, 0.15) is 5.75 Å². The SMILES string of the molecule is NCCc1c[nH]c2ccc(O)c(Cc3ccccc3)c12. The summed E-state index contributed by atoms with van der Waals surface area (Å²) in [5.41, 5.74) is 10.1. The third kappa shape index (κ3) is 2.28. The lowest BCUT2D eigenvalue weighted by atomic mass is 9.97. The highest BCUT2D eigenvalue weighted by Gasteiger charge is 2.12. The van der Waals surface area contributed by atoms with Gasteiger partial charge in [-0.3, -0.25) is 0 Å². The average molecular weight is 266 g/mol. The van der Waals surface area contributed by atoms with Gasteiger partial charge < -0.3 is 15.8 Å². The van der Waals surface area contributed by atoms with Gasteiger partial charge in [0.25, 0.3) is 0 Å². The summed E-state index contributed by atoms with van der Waals surface area (Å²) in [4.78, 5) is 3.26. The zero-order valence-electron chi connectivity index (χ0n) is 11.3. The number of nitrogens with one attached hydrogen (secondary N) is 1. The molecular weight excluding hydrogens is 248 g/mol. The van der Waals surface area contributed by atoms with Crippen LogP contribution in [0.15, 0.2) is 48.7 Å². The molecule has 20 heavy (non-hydrogen) atoms. The number of rotatable bonds is 4. The number of aromatic amines is 1. The topological polar surface area (TPSA) is 62.0 Å². The second-order valence-electron chi connectivity index (χ2n) is 5.00. The highest BCUT2D eigenvalue weighted by atomic mass is 16.3. The summed E-state index contributed by atoms with van der Waals surface area (Å²) >= 11 is 0. The van der Waals surface area contributed by atoms with Crippen LogP contribution in [0.1, 0.15) is 16.7 Å². The lowest BCUT2D eigenvalue weighted by molar-refractivity contribution is 0.470. The summed E-state index contributed by atoms with van der Waals surface area (Å²) in [5.74, 6) is 0.347. The van der Waals surface area contributed by atoms with Crippen molar-refractivity contribution in [3.8, 4) is 5.75 Å². The minimum Gasteiger partial charge on any atom is -0.508 e. The van der Waals surface area contributed by atoms with E-state index >= 15 is 0 Å². The highest BCUT2D eigenvalue weighted by molar-refractivity contribution is 5.89. The predicted octanol–water partition coefficient (Wildman–Crippen LogP) is 2.97. The minimum absolute atomic E-state index is 0.347. The van der Waals surface area contributed by atoms with E-state index in [1.807, 2.05) is 30.5 Å². The molecule has 3 rings (SSSR count). The Hall–Kier alpha value is -2.26. The van der Waals surface area contributed by atoms with Gasteiger partial charge in [-0.2, -0.15) is 0 Å². The normalized spacial score (nSPS) is 11.1. The second-order valence-corrected chi connectivity index (χ2v) is 5.00. The molecular formula is C17H18N2O. The van der Waals surface area contributed by atoms with E-state index in [1.54, 1.807) is 6.07 Å². The fraction of sp³-hybridized carbons (Fsp3) is 0.176. The number of hydrogen-bond acceptors (Lipinski definition) is 2. The number of benzene rings is 2. The first kappa shape index (κ1) is 12.8. The van der Waals surface area contributed by atoms with E-state index in [-0.39, 0.29) is 0 Å². The molecule has 3 nitrogen and oxygen atoms in total. The van der Waals surface area contributed by atoms with E-state index in [4.69, 9.17) is 5.73 Å². The number of aromatic hydroxyl groups is 1. The zero-order valence-corrected chi connectivity index (χ0v) is 11.3. The number of aromatic nitrogens is 1. The van der Waals surface area contributed by atoms with E-state index in [0.29, 0.717) is 12.3 Å². The van der Waals surface area contributed by atoms with Gasteiger partial charge in [-0.1, -0.05) is 30.3 Å². The quantitative estimate of drug-likeness (QED) is 0.680. The van der Waals surface area contributed by atoms with Crippen molar-refractivity contribution in [3.63, 3.8) is 0 Å². The number of phenolic OH excluding ortho intramolecular Hbond substituents is 1. The number of H-pyrrole nitrogens is 1. The van der Waals surface area contributed by atoms with Crippen LogP contribution in [0.5, 0.6) is 5.75 Å². The van der Waals surface area contributed by atoms with Gasteiger partial charge in [-0.05, 0) is 36.2 Å². The summed E-state index contributed by atoms with van der Waals surface area (Å²) < 4.78 is 0. The van der Waals surface area contributed by atoms with Crippen molar-refractivity contribution < 1.29 is 5.11 Å². The smallest absolute Gasteiger partial charge is 0.119 e. The van der Waals surface area contributed by atoms with Crippen LogP contribution in [0.2, 0.25) is 0 Å². The zero-order chi connectivity index (χ0) is 13.9. The lowest BCUT2D eigenvalue weighted by Crippen LogP contribution is -2.02. The highest BCUT2D eigenvalue weighted by Crippen LogP contribution is 2.31. The van der Waals surface area contributed by atoms with Crippen molar-refractivity contribution >= 4 is 10.9 Å². The first-order valence-electron chi connectivity index (χ1n) is 6.84. The van der Waals surface area contributed by atoms with E-state index in [2.05, 4.69) is 17.1 Å². The Bertz CT molecular complexity index is 716. The summed E-state index contributed by atoms with van der Waals surface area (Å²) in [5, 5.41) is 11.3. The molecule has 2 aromatic carbocycles. The first-order valence-corrected chi connectivity index (χ1v) is 6.84. The Balaban J connectivity index is 2.12. The van der Waals surface area contributed by atoms with Crippen LogP contribution < -0.4 is 5.73 Å². The van der Waals surface area contributed by atoms with Gasteiger partial charge in [0.05, 0.1) is 0 Å². The third-order valence-corrected chi connectivity index (χ3v) is 3.65. The number of fused-ring (bicyclic) bond motifs is 1. The summed E-state index contributed by atoms with van der Waals surface area (Å²) in [6.07, 6.45) is 3.52. The predicted molar refractivity (Wildman–Crippen MR) is 82.0 cm³/mol. The Morgan fingerprint density at radius 3 is 2.60 bits per heavy atom. The maximum absolute atomic E-state index is 10.2. The molecule has 0 saturated carbocycles. The monoisotopic (exact) mass is 266 g/mol. The fourth-order valence-electron chi connectivity index (χ4n) is 2.69. The Kier molecular flexibility index (Phi) is 3.44. The minimum atomic E-state index is 0.347. The molecule has 3 aromatic rings. The van der Waals surface area contributed by atoms with Gasteiger partial charge in [0, 0.05) is 29.1 Å². The molecule has 0 spiro atoms. The van der Waals surface area contributed by atoms with Gasteiger partial charge in [-0.25, -0.2) is 0 Å². The molecule has 1 aromatic heterocycles. The third-order valence-electron chi connectivity index (χ3n) is 3.65. The number of nitrogens with two attached hydrogens (primary N) is 1. The van der Waals surface area contributed by atoms with Crippen molar-refractivity contribution in [3.05, 3.63) is 65.4 Å². The van der Waals surface area contributed by atoms with Crippen molar-refractivity contribution in [2.75, 3.05) is 6.54 Å². The van der Waals surface area contributed by atoms with Crippen LogP contribution in [0.3, 0.4) is 0 Å². The van der Waals surface area contributed by atoms with Gasteiger partial charge in [-0.15, -0.1) is 0 Å². The van der Waals surface area contributed by atoms with E-state index < -0.39 is 0 Å². The molecule has 0 unspecified atom stereocenters. The molecule has 3 heteroatoms. The molecule has 0 amide bonds. The van der Waals surface area contributed by atoms with Crippen LogP contribution in [0.4, 0.5) is 0 Å². The Morgan fingerprint density at radius 2 is 1.85 bits per heavy atom. The van der Waals surface area contributed by atoms with Crippen LogP contribution in [0, 0.1) is 0 Å². The van der Waals surface area contributed by atoms with Gasteiger partial charge in [0.15, 0.2) is 0 Å². The second kappa shape index (κ2) is 5.39. The maximum atomic E-state index is 10.2. The van der Waals surface area contributed by atoms with Crippen molar-refractivity contribution in [2.45, 2.75) is 12.8 Å². The molecule has 0 aliphatic rings. The molecule has 102 valence electrons. The molecule has 1 heterocycles. The van der Waals surface area contributed by atoms with Crippen LogP contribution in [0.25, 0.3) is 10.9 Å². The van der Waals surface area contributed by atoms with Crippen LogP contribution in [-0.2, 0) is 12.8 Å². The molecule has 0 saturated heterocycles. The Morgan fingerprint density at radius 1 is 1.05 bits per heavy atom.